The average molecular weight is 554 g/mol. The number of hydrogen-bond donors (Lipinski definition) is 1. The number of fused-ring (bicyclic) bond motifs is 2. The summed E-state index contributed by atoms with van der Waals surface area (Å²) in [4.78, 5) is 30.2. The van der Waals surface area contributed by atoms with E-state index in [1.165, 1.54) is 11.3 Å². The minimum Gasteiger partial charge on any atom is -0.422 e. The molecule has 4 heterocycles. The lowest BCUT2D eigenvalue weighted by atomic mass is 9.69. The van der Waals surface area contributed by atoms with Crippen molar-refractivity contribution in [2.24, 2.45) is 0 Å². The Balaban J connectivity index is 1.30. The number of hydrogen-bond acceptors (Lipinski definition) is 5. The van der Waals surface area contributed by atoms with Crippen molar-refractivity contribution >= 4 is 46.0 Å². The number of carbonyl (C=O) groups is 1. The van der Waals surface area contributed by atoms with Gasteiger partial charge in [-0.15, -0.1) is 0 Å². The number of carbonyl (C=O) groups excluding carboxylic acids is 1. The molecule has 1 fully saturated rings. The van der Waals surface area contributed by atoms with Crippen LogP contribution in [0.4, 0.5) is 5.69 Å². The highest BCUT2D eigenvalue weighted by molar-refractivity contribution is 7.80. The van der Waals surface area contributed by atoms with Crippen molar-refractivity contribution in [2.75, 3.05) is 24.5 Å². The molecule has 1 aromatic heterocycles. The second kappa shape index (κ2) is 9.73. The van der Waals surface area contributed by atoms with Crippen LogP contribution in [0.15, 0.2) is 69.5 Å². The number of nitrogens with zero attached hydrogens (tertiary/aromatic N) is 2. The fraction of sp³-hybridized carbons (Fsp3) is 0.364. The van der Waals surface area contributed by atoms with E-state index in [4.69, 9.17) is 16.6 Å². The normalized spacial score (nSPS) is 20.4. The zero-order valence-electron chi connectivity index (χ0n) is 23.5. The van der Waals surface area contributed by atoms with Gasteiger partial charge in [0, 0.05) is 36.3 Å². The standard InChI is InChI=1S/C33H35N3O3S/c1-32(2)14-17-35-18-15-33(3,4)26-27(35)24(32)20-23-19-22(30(38)39-28(23)26)11-8-12-25-29(37)36(31(40)34-25)16-13-21-9-6-5-7-10-21/h5-12,19-20H,13-18H2,1-4H3,(H,34,40). The summed E-state index contributed by atoms with van der Waals surface area (Å²) in [5.41, 5.74) is 5.98. The Kier molecular flexibility index (Phi) is 6.45. The van der Waals surface area contributed by atoms with E-state index < -0.39 is 0 Å². The predicted octanol–water partition coefficient (Wildman–Crippen LogP) is 5.82. The van der Waals surface area contributed by atoms with Crippen molar-refractivity contribution < 1.29 is 9.21 Å². The summed E-state index contributed by atoms with van der Waals surface area (Å²) < 4.78 is 6.05. The minimum absolute atomic E-state index is 0.0397. The van der Waals surface area contributed by atoms with Gasteiger partial charge in [-0.25, -0.2) is 4.79 Å². The van der Waals surface area contributed by atoms with Crippen molar-refractivity contribution in [3.8, 4) is 0 Å². The van der Waals surface area contributed by atoms with Gasteiger partial charge in [0.15, 0.2) is 5.11 Å². The predicted molar refractivity (Wildman–Crippen MR) is 165 cm³/mol. The Hall–Kier alpha value is -3.71. The summed E-state index contributed by atoms with van der Waals surface area (Å²) in [5, 5.41) is 4.34. The van der Waals surface area contributed by atoms with Crippen molar-refractivity contribution in [3.05, 3.63) is 93.0 Å². The third kappa shape index (κ3) is 4.56. The van der Waals surface area contributed by atoms with Gasteiger partial charge < -0.3 is 14.6 Å². The van der Waals surface area contributed by atoms with E-state index in [0.717, 1.165) is 42.4 Å². The number of rotatable bonds is 5. The summed E-state index contributed by atoms with van der Waals surface area (Å²) in [6.45, 7) is 11.7. The van der Waals surface area contributed by atoms with E-state index in [1.54, 1.807) is 23.1 Å². The highest BCUT2D eigenvalue weighted by Crippen LogP contribution is 2.51. The van der Waals surface area contributed by atoms with Crippen LogP contribution in [-0.4, -0.2) is 35.6 Å². The molecule has 0 aliphatic carbocycles. The van der Waals surface area contributed by atoms with Crippen LogP contribution in [0.5, 0.6) is 0 Å². The molecular formula is C33H35N3O3S. The first-order valence-electron chi connectivity index (χ1n) is 14.0. The Morgan fingerprint density at radius 2 is 1.75 bits per heavy atom. The lowest BCUT2D eigenvalue weighted by Gasteiger charge is -2.48. The fourth-order valence-electron chi connectivity index (χ4n) is 6.21. The minimum atomic E-state index is -0.382. The van der Waals surface area contributed by atoms with Gasteiger partial charge in [-0.1, -0.05) is 64.1 Å². The number of allylic oxidation sites excluding steroid dienone is 2. The average Bonchev–Trinajstić information content (AvgIpc) is 3.18. The van der Waals surface area contributed by atoms with Crippen LogP contribution in [0, 0.1) is 0 Å². The monoisotopic (exact) mass is 553 g/mol. The summed E-state index contributed by atoms with van der Waals surface area (Å²) in [6, 6.07) is 14.2. The first-order chi connectivity index (χ1) is 19.0. The van der Waals surface area contributed by atoms with Crippen molar-refractivity contribution in [1.82, 2.24) is 10.2 Å². The lowest BCUT2D eigenvalue weighted by molar-refractivity contribution is -0.122. The third-order valence-electron chi connectivity index (χ3n) is 8.73. The van der Waals surface area contributed by atoms with Crippen LogP contribution in [0.1, 0.15) is 62.8 Å². The van der Waals surface area contributed by atoms with Gasteiger partial charge in [0.2, 0.25) is 0 Å². The summed E-state index contributed by atoms with van der Waals surface area (Å²) in [6.07, 6.45) is 7.90. The van der Waals surface area contributed by atoms with Crippen molar-refractivity contribution in [1.29, 1.82) is 0 Å². The lowest BCUT2D eigenvalue weighted by Crippen LogP contribution is -2.44. The molecule has 1 amide bonds. The van der Waals surface area contributed by atoms with Gasteiger partial charge in [-0.3, -0.25) is 9.69 Å². The van der Waals surface area contributed by atoms with E-state index in [1.807, 2.05) is 36.4 Å². The van der Waals surface area contributed by atoms with Crippen LogP contribution in [0.3, 0.4) is 0 Å². The number of benzene rings is 2. The maximum absolute atomic E-state index is 13.2. The van der Waals surface area contributed by atoms with E-state index in [-0.39, 0.29) is 22.4 Å². The smallest absolute Gasteiger partial charge is 0.343 e. The molecule has 0 unspecified atom stereocenters. The van der Waals surface area contributed by atoms with Gasteiger partial charge in [0.25, 0.3) is 5.91 Å². The fourth-order valence-corrected chi connectivity index (χ4v) is 6.49. The molecule has 0 atom stereocenters. The van der Waals surface area contributed by atoms with Crippen LogP contribution in [0.2, 0.25) is 0 Å². The molecule has 6 nitrogen and oxygen atoms in total. The molecule has 0 spiro atoms. The number of anilines is 1. The number of thiocarbonyl (C=S) groups is 1. The van der Waals surface area contributed by atoms with E-state index in [0.29, 0.717) is 34.9 Å². The molecule has 0 bridgehead atoms. The van der Waals surface area contributed by atoms with Gasteiger partial charge >= 0.3 is 5.63 Å². The molecule has 6 rings (SSSR count). The maximum Gasteiger partial charge on any atom is 0.343 e. The second-order valence-electron chi connectivity index (χ2n) is 12.4. The Morgan fingerprint density at radius 3 is 2.50 bits per heavy atom. The van der Waals surface area contributed by atoms with Gasteiger partial charge in [0.1, 0.15) is 11.3 Å². The zero-order valence-corrected chi connectivity index (χ0v) is 24.4. The molecular weight excluding hydrogens is 518 g/mol. The molecule has 1 saturated heterocycles. The molecule has 206 valence electrons. The molecule has 0 saturated carbocycles. The van der Waals surface area contributed by atoms with E-state index in [2.05, 4.69) is 44.0 Å². The van der Waals surface area contributed by atoms with Crippen LogP contribution < -0.4 is 15.8 Å². The first-order valence-corrected chi connectivity index (χ1v) is 14.4. The van der Waals surface area contributed by atoms with Crippen LogP contribution in [0.25, 0.3) is 17.0 Å². The molecule has 7 heteroatoms. The van der Waals surface area contributed by atoms with Crippen molar-refractivity contribution in [3.63, 3.8) is 0 Å². The molecule has 1 N–H and O–H groups in total. The highest BCUT2D eigenvalue weighted by Gasteiger charge is 2.42. The summed E-state index contributed by atoms with van der Waals surface area (Å²) >= 11 is 5.41. The van der Waals surface area contributed by atoms with Crippen molar-refractivity contribution in [2.45, 2.75) is 57.8 Å². The quantitative estimate of drug-likeness (QED) is 0.244. The molecule has 3 aliphatic heterocycles. The summed E-state index contributed by atoms with van der Waals surface area (Å²) in [5.74, 6) is -0.170. The van der Waals surface area contributed by atoms with E-state index >= 15 is 0 Å². The Morgan fingerprint density at radius 1 is 1.02 bits per heavy atom. The molecule has 0 radical (unpaired) electrons. The Bertz CT molecular complexity index is 1650. The number of amides is 1. The Labute approximate surface area is 240 Å². The van der Waals surface area contributed by atoms with Gasteiger partial charge in [-0.05, 0) is 77.7 Å². The SMILES string of the molecule is CC1(C)CCN2CCC(C)(C)c3c2c1cc1cc(C=CC=C2NC(=S)N(CCc4ccccc4)C2=O)c(=O)oc31. The molecule has 2 aromatic carbocycles. The molecule has 40 heavy (non-hydrogen) atoms. The number of nitrogens with one attached hydrogen (secondary N) is 1. The largest absolute Gasteiger partial charge is 0.422 e. The second-order valence-corrected chi connectivity index (χ2v) is 12.8. The zero-order chi connectivity index (χ0) is 28.2. The third-order valence-corrected chi connectivity index (χ3v) is 9.05. The maximum atomic E-state index is 13.2. The van der Waals surface area contributed by atoms with Crippen LogP contribution >= 0.6 is 12.2 Å². The highest BCUT2D eigenvalue weighted by atomic mass is 32.1. The first kappa shape index (κ1) is 26.5. The van der Waals surface area contributed by atoms with Gasteiger partial charge in [-0.2, -0.15) is 0 Å². The molecule has 3 aromatic rings. The van der Waals surface area contributed by atoms with E-state index in [9.17, 15) is 9.59 Å². The van der Waals surface area contributed by atoms with Crippen LogP contribution in [-0.2, 0) is 22.0 Å². The topological polar surface area (TPSA) is 65.8 Å². The molecule has 3 aliphatic rings. The summed E-state index contributed by atoms with van der Waals surface area (Å²) in [7, 11) is 0. The van der Waals surface area contributed by atoms with Gasteiger partial charge in [0.05, 0.1) is 5.56 Å².